The lowest BCUT2D eigenvalue weighted by atomic mass is 10.1. The van der Waals surface area contributed by atoms with Crippen LogP contribution in [0, 0.1) is 0 Å². The van der Waals surface area contributed by atoms with Gasteiger partial charge in [-0.15, -0.1) is 0 Å². The smallest absolute Gasteiger partial charge is 0.346 e. The molecule has 0 bridgehead atoms. The van der Waals surface area contributed by atoms with Crippen molar-refractivity contribution in [3.8, 4) is 5.75 Å². The first-order valence-corrected chi connectivity index (χ1v) is 5.11. The molecule has 0 radical (unpaired) electrons. The fourth-order valence-corrected chi connectivity index (χ4v) is 1.28. The summed E-state index contributed by atoms with van der Waals surface area (Å²) in [5, 5.41) is 8.75. The van der Waals surface area contributed by atoms with Gasteiger partial charge in [0.25, 0.3) is 0 Å². The zero-order valence-corrected chi connectivity index (χ0v) is 9.47. The third-order valence-corrected chi connectivity index (χ3v) is 2.17. The maximum atomic E-state index is 11.1. The second kappa shape index (κ2) is 6.12. The quantitative estimate of drug-likeness (QED) is 0.762. The average Bonchev–Trinajstić information content (AvgIpc) is 2.31. The Labute approximate surface area is 94.8 Å². The number of hydrogen-bond acceptors (Lipinski definition) is 4. The minimum absolute atomic E-state index is 0.124. The van der Waals surface area contributed by atoms with Crippen molar-refractivity contribution >= 4 is 5.97 Å². The normalized spacial score (nSPS) is 11.9. The van der Waals surface area contributed by atoms with Gasteiger partial charge in [-0.3, -0.25) is 0 Å². The van der Waals surface area contributed by atoms with E-state index < -0.39 is 12.1 Å². The van der Waals surface area contributed by atoms with Crippen LogP contribution >= 0.6 is 0 Å². The van der Waals surface area contributed by atoms with E-state index in [0.29, 0.717) is 12.2 Å². The number of ether oxygens (including phenoxy) is 2. The highest BCUT2D eigenvalue weighted by Crippen LogP contribution is 2.14. The van der Waals surface area contributed by atoms with Gasteiger partial charge in [0.1, 0.15) is 5.75 Å². The van der Waals surface area contributed by atoms with Gasteiger partial charge < -0.3 is 14.6 Å². The molecule has 0 fully saturated rings. The van der Waals surface area contributed by atoms with E-state index in [1.165, 1.54) is 7.11 Å². The van der Waals surface area contributed by atoms with Gasteiger partial charge in [-0.2, -0.15) is 0 Å². The lowest BCUT2D eigenvalue weighted by Gasteiger charge is -2.12. The Morgan fingerprint density at radius 2 is 2.00 bits per heavy atom. The number of methoxy groups -OCH3 is 1. The van der Waals surface area contributed by atoms with Crippen molar-refractivity contribution in [3.63, 3.8) is 0 Å². The summed E-state index contributed by atoms with van der Waals surface area (Å²) >= 11 is 0. The van der Waals surface area contributed by atoms with Crippen LogP contribution in [0.25, 0.3) is 0 Å². The lowest BCUT2D eigenvalue weighted by molar-refractivity contribution is -0.147. The van der Waals surface area contributed by atoms with E-state index in [4.69, 9.17) is 9.84 Å². The molecule has 0 saturated heterocycles. The van der Waals surface area contributed by atoms with Gasteiger partial charge in [0.15, 0.2) is 6.10 Å². The fraction of sp³-hybridized carbons (Fsp3) is 0.417. The molecule has 0 amide bonds. The summed E-state index contributed by atoms with van der Waals surface area (Å²) in [6.45, 7) is 1.76. The molecule has 0 saturated carbocycles. The Morgan fingerprint density at radius 3 is 2.50 bits per heavy atom. The summed E-state index contributed by atoms with van der Waals surface area (Å²) in [4.78, 5) is 11.1. The van der Waals surface area contributed by atoms with E-state index in [1.54, 1.807) is 19.1 Å². The first-order valence-electron chi connectivity index (χ1n) is 5.11. The van der Waals surface area contributed by atoms with Crippen molar-refractivity contribution in [2.75, 3.05) is 13.7 Å². The largest absolute Gasteiger partial charge is 0.479 e. The number of carbonyl (C=O) groups is 1. The average molecular weight is 224 g/mol. The molecule has 0 unspecified atom stereocenters. The van der Waals surface area contributed by atoms with E-state index in [-0.39, 0.29) is 6.61 Å². The number of aliphatic hydroxyl groups excluding tert-OH is 1. The van der Waals surface area contributed by atoms with Crippen molar-refractivity contribution in [1.82, 2.24) is 0 Å². The molecule has 4 heteroatoms. The molecule has 16 heavy (non-hydrogen) atoms. The molecule has 1 aromatic carbocycles. The van der Waals surface area contributed by atoms with Crippen LogP contribution in [-0.2, 0) is 16.0 Å². The molecule has 88 valence electrons. The Kier molecular flexibility index (Phi) is 4.79. The van der Waals surface area contributed by atoms with E-state index >= 15 is 0 Å². The Balaban J connectivity index is 2.58. The van der Waals surface area contributed by atoms with Gasteiger partial charge in [0.2, 0.25) is 0 Å². The highest BCUT2D eigenvalue weighted by atomic mass is 16.6. The second-order valence-electron chi connectivity index (χ2n) is 3.40. The number of rotatable bonds is 5. The van der Waals surface area contributed by atoms with E-state index in [1.807, 2.05) is 12.1 Å². The van der Waals surface area contributed by atoms with Crippen LogP contribution in [0.3, 0.4) is 0 Å². The summed E-state index contributed by atoms with van der Waals surface area (Å²) < 4.78 is 9.91. The van der Waals surface area contributed by atoms with Crippen molar-refractivity contribution in [3.05, 3.63) is 29.8 Å². The molecular weight excluding hydrogens is 208 g/mol. The summed E-state index contributed by atoms with van der Waals surface area (Å²) in [6.07, 6.45) is 0.000940. The van der Waals surface area contributed by atoms with Gasteiger partial charge in [-0.1, -0.05) is 12.1 Å². The predicted octanol–water partition coefficient (Wildman–Crippen LogP) is 1.16. The fourth-order valence-electron chi connectivity index (χ4n) is 1.28. The highest BCUT2D eigenvalue weighted by Gasteiger charge is 2.14. The predicted molar refractivity (Wildman–Crippen MR) is 59.3 cm³/mol. The van der Waals surface area contributed by atoms with E-state index in [2.05, 4.69) is 4.74 Å². The van der Waals surface area contributed by atoms with Gasteiger partial charge in [-0.25, -0.2) is 4.79 Å². The molecule has 0 aliphatic carbocycles. The SMILES string of the molecule is COC(=O)[C@H](C)Oc1ccc(CCO)cc1. The minimum Gasteiger partial charge on any atom is -0.479 e. The van der Waals surface area contributed by atoms with Crippen LogP contribution in [0.1, 0.15) is 12.5 Å². The molecule has 0 aliphatic rings. The molecule has 1 aromatic rings. The lowest BCUT2D eigenvalue weighted by Crippen LogP contribution is -2.24. The third kappa shape index (κ3) is 3.55. The van der Waals surface area contributed by atoms with E-state index in [9.17, 15) is 4.79 Å². The van der Waals surface area contributed by atoms with Crippen molar-refractivity contribution < 1.29 is 19.4 Å². The molecule has 1 rings (SSSR count). The van der Waals surface area contributed by atoms with Crippen molar-refractivity contribution in [2.45, 2.75) is 19.4 Å². The summed E-state index contributed by atoms with van der Waals surface area (Å²) in [6, 6.07) is 7.25. The number of hydrogen-bond donors (Lipinski definition) is 1. The van der Waals surface area contributed by atoms with Crippen LogP contribution in [0.4, 0.5) is 0 Å². The zero-order chi connectivity index (χ0) is 12.0. The van der Waals surface area contributed by atoms with Gasteiger partial charge in [-0.05, 0) is 31.0 Å². The number of carbonyl (C=O) groups excluding carboxylic acids is 1. The first kappa shape index (κ1) is 12.5. The monoisotopic (exact) mass is 224 g/mol. The van der Waals surface area contributed by atoms with Crippen LogP contribution in [0.5, 0.6) is 5.75 Å². The second-order valence-corrected chi connectivity index (χ2v) is 3.40. The maximum Gasteiger partial charge on any atom is 0.346 e. The molecule has 1 atom stereocenters. The van der Waals surface area contributed by atoms with Gasteiger partial charge in [0, 0.05) is 6.61 Å². The van der Waals surface area contributed by atoms with Crippen LogP contribution < -0.4 is 4.74 Å². The van der Waals surface area contributed by atoms with Crippen LogP contribution in [-0.4, -0.2) is 30.9 Å². The Hall–Kier alpha value is -1.55. The van der Waals surface area contributed by atoms with Crippen molar-refractivity contribution in [2.24, 2.45) is 0 Å². The molecule has 0 aliphatic heterocycles. The minimum atomic E-state index is -0.617. The summed E-state index contributed by atoms with van der Waals surface area (Å²) in [5.41, 5.74) is 1.03. The number of aliphatic hydroxyl groups is 1. The van der Waals surface area contributed by atoms with Crippen LogP contribution in [0.15, 0.2) is 24.3 Å². The number of benzene rings is 1. The third-order valence-electron chi connectivity index (χ3n) is 2.17. The molecule has 1 N–H and O–H groups in total. The molecule has 0 spiro atoms. The maximum absolute atomic E-state index is 11.1. The van der Waals surface area contributed by atoms with Crippen LogP contribution in [0.2, 0.25) is 0 Å². The molecular formula is C12H16O4. The Bertz CT molecular complexity index is 331. The highest BCUT2D eigenvalue weighted by molar-refractivity contribution is 5.74. The number of esters is 1. The van der Waals surface area contributed by atoms with E-state index in [0.717, 1.165) is 5.56 Å². The molecule has 0 aromatic heterocycles. The first-order chi connectivity index (χ1) is 7.67. The zero-order valence-electron chi connectivity index (χ0n) is 9.47. The van der Waals surface area contributed by atoms with Gasteiger partial charge >= 0.3 is 5.97 Å². The Morgan fingerprint density at radius 1 is 1.38 bits per heavy atom. The summed E-state index contributed by atoms with van der Waals surface area (Å²) in [7, 11) is 1.33. The standard InChI is InChI=1S/C12H16O4/c1-9(12(14)15-2)16-11-5-3-10(4-6-11)7-8-13/h3-6,9,13H,7-8H2,1-2H3/t9-/m0/s1. The molecule has 4 nitrogen and oxygen atoms in total. The summed E-state index contributed by atoms with van der Waals surface area (Å²) in [5.74, 6) is 0.207. The van der Waals surface area contributed by atoms with Crippen molar-refractivity contribution in [1.29, 1.82) is 0 Å². The topological polar surface area (TPSA) is 55.8 Å². The van der Waals surface area contributed by atoms with Gasteiger partial charge in [0.05, 0.1) is 7.11 Å². The molecule has 0 heterocycles.